The zero-order chi connectivity index (χ0) is 27.1. The maximum Gasteiger partial charge on any atom is 0.406 e. The van der Waals surface area contributed by atoms with Crippen LogP contribution < -0.4 is 4.90 Å². The van der Waals surface area contributed by atoms with Crippen molar-refractivity contribution in [1.29, 1.82) is 0 Å². The van der Waals surface area contributed by atoms with Gasteiger partial charge >= 0.3 is 6.18 Å². The number of carbonyl (C=O) groups is 3. The average Bonchev–Trinajstić information content (AvgIpc) is 3.47. The van der Waals surface area contributed by atoms with Crippen molar-refractivity contribution in [1.82, 2.24) is 29.9 Å². The van der Waals surface area contributed by atoms with Crippen molar-refractivity contribution < 1.29 is 27.6 Å². The van der Waals surface area contributed by atoms with Crippen molar-refractivity contribution in [2.45, 2.75) is 24.6 Å². The number of nitrogens with one attached hydrogen (secondary N) is 1. The molecule has 1 N–H and O–H groups in total. The van der Waals surface area contributed by atoms with Crippen LogP contribution >= 0.6 is 0 Å². The van der Waals surface area contributed by atoms with Gasteiger partial charge in [-0.15, -0.1) is 0 Å². The number of alkyl halides is 3. The molecule has 0 saturated carbocycles. The fraction of sp³-hybridized carbons (Fsp3) is 0.400. The number of aromatic nitrogens is 3. The number of rotatable bonds is 5. The quantitative estimate of drug-likeness (QED) is 0.544. The molecule has 3 amide bonds. The average molecular weight is 530 g/mol. The predicted octanol–water partition coefficient (Wildman–Crippen LogP) is 2.26. The summed E-state index contributed by atoms with van der Waals surface area (Å²) in [6.07, 6.45) is -0.863. The van der Waals surface area contributed by atoms with Crippen LogP contribution in [0.4, 0.5) is 18.9 Å². The first-order valence-electron chi connectivity index (χ1n) is 12.1. The molecule has 2 saturated heterocycles. The van der Waals surface area contributed by atoms with Crippen molar-refractivity contribution >= 4 is 34.4 Å². The molecule has 2 aliphatic rings. The lowest BCUT2D eigenvalue weighted by Gasteiger charge is -2.43. The minimum Gasteiger partial charge on any atom is -0.339 e. The molecule has 0 bridgehead atoms. The number of para-hydroxylation sites is 1. The van der Waals surface area contributed by atoms with Gasteiger partial charge < -0.3 is 19.6 Å². The number of aromatic amines is 1. The molecule has 2 aliphatic heterocycles. The number of halogens is 3. The summed E-state index contributed by atoms with van der Waals surface area (Å²) in [6.45, 7) is -1.23. The third-order valence-electron chi connectivity index (χ3n) is 7.17. The first-order valence-corrected chi connectivity index (χ1v) is 12.1. The summed E-state index contributed by atoms with van der Waals surface area (Å²) in [5, 5.41) is 7.37. The molecule has 2 fully saturated rings. The molecule has 1 aromatic carbocycles. The Kier molecular flexibility index (Phi) is 6.45. The Morgan fingerprint density at radius 2 is 1.84 bits per heavy atom. The van der Waals surface area contributed by atoms with Crippen molar-refractivity contribution in [2.24, 2.45) is 0 Å². The summed E-state index contributed by atoms with van der Waals surface area (Å²) in [7, 11) is 1.07. The third kappa shape index (κ3) is 4.75. The van der Waals surface area contributed by atoms with Crippen LogP contribution in [-0.4, -0.2) is 99.2 Å². The number of piperidine rings is 1. The van der Waals surface area contributed by atoms with E-state index in [1.54, 1.807) is 17.2 Å². The number of pyridine rings is 1. The van der Waals surface area contributed by atoms with E-state index >= 15 is 0 Å². The van der Waals surface area contributed by atoms with Crippen LogP contribution in [0.15, 0.2) is 48.8 Å². The van der Waals surface area contributed by atoms with Crippen molar-refractivity contribution in [3.8, 4) is 0 Å². The first kappa shape index (κ1) is 25.5. The molecule has 1 spiro atoms. The number of hydrogen-bond acceptors (Lipinski definition) is 6. The number of carbonyl (C=O) groups excluding carboxylic acids is 3. The van der Waals surface area contributed by atoms with E-state index in [4.69, 9.17) is 0 Å². The molecule has 5 rings (SSSR count). The Hall–Kier alpha value is -4.16. The largest absolute Gasteiger partial charge is 0.406 e. The molecule has 4 heterocycles. The van der Waals surface area contributed by atoms with E-state index in [-0.39, 0.29) is 31.6 Å². The molecule has 0 atom stereocenters. The van der Waals surface area contributed by atoms with Crippen LogP contribution in [0.2, 0.25) is 0 Å². The number of nitrogens with zero attached hydrogens (tertiary/aromatic N) is 6. The lowest BCUT2D eigenvalue weighted by atomic mass is 9.85. The van der Waals surface area contributed by atoms with Gasteiger partial charge in [0.1, 0.15) is 18.6 Å². The molecule has 0 aliphatic carbocycles. The zero-order valence-corrected chi connectivity index (χ0v) is 20.6. The number of likely N-dealkylation sites (tertiary alicyclic amines) is 1. The predicted molar refractivity (Wildman–Crippen MR) is 131 cm³/mol. The molecular formula is C25H26F3N7O3. The second-order valence-electron chi connectivity index (χ2n) is 9.63. The van der Waals surface area contributed by atoms with Crippen LogP contribution in [0.1, 0.15) is 23.2 Å². The fourth-order valence-corrected chi connectivity index (χ4v) is 5.18. The molecule has 0 unspecified atom stereocenters. The van der Waals surface area contributed by atoms with Gasteiger partial charge in [0.25, 0.3) is 11.8 Å². The maximum atomic E-state index is 13.7. The highest BCUT2D eigenvalue weighted by Crippen LogP contribution is 2.39. The molecule has 38 heavy (non-hydrogen) atoms. The van der Waals surface area contributed by atoms with E-state index < -0.39 is 30.7 Å². The van der Waals surface area contributed by atoms with Crippen LogP contribution in [0, 0.1) is 0 Å². The normalized spacial score (nSPS) is 17.5. The summed E-state index contributed by atoms with van der Waals surface area (Å²) >= 11 is 0. The van der Waals surface area contributed by atoms with E-state index in [9.17, 15) is 27.6 Å². The second-order valence-corrected chi connectivity index (χ2v) is 9.63. The molecule has 13 heteroatoms. The number of fused-ring (bicyclic) bond motifs is 1. The number of H-pyrrole nitrogens is 1. The van der Waals surface area contributed by atoms with E-state index in [1.165, 1.54) is 11.1 Å². The summed E-state index contributed by atoms with van der Waals surface area (Å²) in [4.78, 5) is 49.2. The highest BCUT2D eigenvalue weighted by Gasteiger charge is 2.54. The Balaban J connectivity index is 1.34. The number of anilines is 1. The van der Waals surface area contributed by atoms with Gasteiger partial charge in [0.2, 0.25) is 5.91 Å². The first-order chi connectivity index (χ1) is 18.1. The van der Waals surface area contributed by atoms with E-state index in [0.717, 1.165) is 12.7 Å². The Bertz CT molecular complexity index is 1350. The molecule has 200 valence electrons. The highest BCUT2D eigenvalue weighted by atomic mass is 19.4. The van der Waals surface area contributed by atoms with Crippen molar-refractivity contribution in [2.75, 3.05) is 44.8 Å². The van der Waals surface area contributed by atoms with E-state index in [1.807, 2.05) is 35.2 Å². The zero-order valence-electron chi connectivity index (χ0n) is 20.6. The maximum absolute atomic E-state index is 13.7. The summed E-state index contributed by atoms with van der Waals surface area (Å²) in [5.41, 5.74) is 0.722. The topological polar surface area (TPSA) is 106 Å². The molecule has 3 aromatic rings. The van der Waals surface area contributed by atoms with E-state index in [2.05, 4.69) is 15.2 Å². The fourth-order valence-electron chi connectivity index (χ4n) is 5.18. The molecule has 0 radical (unpaired) electrons. The SMILES string of the molecule is CN(CC(F)(F)F)C(=O)CN1CN(c2ccccc2)C2(CCN(C(=O)c3cnc4[nH]ncc4c3)CC2)C1=O. The standard InChI is InChI=1S/C25H26F3N7O3/c1-32(15-25(26,27)28)20(36)14-34-16-35(19-5-3-2-4-6-19)24(23(34)38)7-9-33(10-8-24)22(37)18-11-17-13-30-31-21(17)29-12-18/h2-6,11-13H,7-10,14-16H2,1H3,(H,29,30,31). The van der Waals surface area contributed by atoms with Gasteiger partial charge in [0, 0.05) is 37.4 Å². The number of benzene rings is 1. The van der Waals surface area contributed by atoms with Gasteiger partial charge in [0.15, 0.2) is 5.65 Å². The lowest BCUT2D eigenvalue weighted by Crippen LogP contribution is -2.57. The Morgan fingerprint density at radius 1 is 1.13 bits per heavy atom. The monoisotopic (exact) mass is 529 g/mol. The highest BCUT2D eigenvalue weighted by molar-refractivity contribution is 5.98. The van der Waals surface area contributed by atoms with Gasteiger partial charge in [-0.25, -0.2) is 4.98 Å². The van der Waals surface area contributed by atoms with Gasteiger partial charge in [-0.3, -0.25) is 19.5 Å². The second kappa shape index (κ2) is 9.62. The van der Waals surface area contributed by atoms with Gasteiger partial charge in [-0.05, 0) is 31.0 Å². The molecule has 10 nitrogen and oxygen atoms in total. The molecular weight excluding hydrogens is 503 g/mol. The van der Waals surface area contributed by atoms with Crippen LogP contribution in [0.5, 0.6) is 0 Å². The number of amides is 3. The summed E-state index contributed by atoms with van der Waals surface area (Å²) < 4.78 is 38.4. The van der Waals surface area contributed by atoms with E-state index in [0.29, 0.717) is 34.3 Å². The van der Waals surface area contributed by atoms with Crippen LogP contribution in [-0.2, 0) is 9.59 Å². The van der Waals surface area contributed by atoms with Crippen molar-refractivity contribution in [3.05, 3.63) is 54.4 Å². The number of hydrogen-bond donors (Lipinski definition) is 1. The van der Waals surface area contributed by atoms with Crippen molar-refractivity contribution in [3.63, 3.8) is 0 Å². The number of likely N-dealkylation sites (N-methyl/N-ethyl adjacent to an activating group) is 1. The summed E-state index contributed by atoms with van der Waals surface area (Å²) in [6, 6.07) is 10.9. The minimum atomic E-state index is -4.53. The minimum absolute atomic E-state index is 0.0590. The van der Waals surface area contributed by atoms with Crippen LogP contribution in [0.3, 0.4) is 0 Å². The Labute approximate surface area is 216 Å². The lowest BCUT2D eigenvalue weighted by molar-refractivity contribution is -0.159. The Morgan fingerprint density at radius 3 is 2.53 bits per heavy atom. The van der Waals surface area contributed by atoms with Gasteiger partial charge in [0.05, 0.1) is 18.4 Å². The van der Waals surface area contributed by atoms with Crippen LogP contribution in [0.25, 0.3) is 11.0 Å². The molecule has 2 aromatic heterocycles. The summed E-state index contributed by atoms with van der Waals surface area (Å²) in [5.74, 6) is -1.34. The third-order valence-corrected chi connectivity index (χ3v) is 7.17. The van der Waals surface area contributed by atoms with Gasteiger partial charge in [-0.1, -0.05) is 18.2 Å². The smallest absolute Gasteiger partial charge is 0.339 e. The van der Waals surface area contributed by atoms with Gasteiger partial charge in [-0.2, -0.15) is 18.3 Å².